The second-order valence-electron chi connectivity index (χ2n) is 4.39. The molecule has 0 aliphatic carbocycles. The maximum absolute atomic E-state index is 9.53. The smallest absolute Gasteiger partial charge is 0.161 e. The molecule has 2 rings (SSSR count). The van der Waals surface area contributed by atoms with Crippen molar-refractivity contribution < 1.29 is 14.6 Å². The fourth-order valence-electron chi connectivity index (χ4n) is 1.89. The molecule has 0 saturated heterocycles. The van der Waals surface area contributed by atoms with Gasteiger partial charge in [0.1, 0.15) is 5.75 Å². The standard InChI is InChI=1S/C17H18O3/c1-19-15-9-6-13(7-10-15)4-3-5-14-8-11-16(18)17(12-14)20-2/h3,5-12,18H,4H2,1-2H3. The average molecular weight is 270 g/mol. The number of phenolic OH excluding ortho intramolecular Hbond substituents is 1. The molecule has 20 heavy (non-hydrogen) atoms. The monoisotopic (exact) mass is 270 g/mol. The zero-order valence-corrected chi connectivity index (χ0v) is 11.7. The summed E-state index contributed by atoms with van der Waals surface area (Å²) in [7, 11) is 3.20. The van der Waals surface area contributed by atoms with Crippen LogP contribution < -0.4 is 9.47 Å². The zero-order chi connectivity index (χ0) is 14.4. The summed E-state index contributed by atoms with van der Waals surface area (Å²) >= 11 is 0. The molecule has 0 amide bonds. The highest BCUT2D eigenvalue weighted by Gasteiger charge is 2.00. The normalized spacial score (nSPS) is 10.7. The molecule has 0 spiro atoms. The van der Waals surface area contributed by atoms with E-state index in [0.717, 1.165) is 17.7 Å². The quantitative estimate of drug-likeness (QED) is 0.901. The second kappa shape index (κ2) is 6.66. The average Bonchev–Trinajstić information content (AvgIpc) is 2.49. The van der Waals surface area contributed by atoms with E-state index in [9.17, 15) is 5.11 Å². The molecular weight excluding hydrogens is 252 g/mol. The summed E-state index contributed by atoms with van der Waals surface area (Å²) < 4.78 is 10.2. The molecule has 0 radical (unpaired) electrons. The van der Waals surface area contributed by atoms with Crippen LogP contribution in [-0.2, 0) is 6.42 Å². The molecule has 0 aliphatic rings. The lowest BCUT2D eigenvalue weighted by Crippen LogP contribution is -1.85. The van der Waals surface area contributed by atoms with Crippen molar-refractivity contribution in [3.63, 3.8) is 0 Å². The lowest BCUT2D eigenvalue weighted by molar-refractivity contribution is 0.373. The summed E-state index contributed by atoms with van der Waals surface area (Å²) in [4.78, 5) is 0. The first-order valence-corrected chi connectivity index (χ1v) is 6.39. The lowest BCUT2D eigenvalue weighted by Gasteiger charge is -2.04. The molecule has 0 bridgehead atoms. The molecule has 0 heterocycles. The van der Waals surface area contributed by atoms with Crippen molar-refractivity contribution in [2.24, 2.45) is 0 Å². The van der Waals surface area contributed by atoms with E-state index >= 15 is 0 Å². The first kappa shape index (κ1) is 14.0. The Hall–Kier alpha value is -2.42. The van der Waals surface area contributed by atoms with E-state index in [-0.39, 0.29) is 5.75 Å². The fourth-order valence-corrected chi connectivity index (χ4v) is 1.89. The molecule has 0 unspecified atom stereocenters. The number of hydrogen-bond acceptors (Lipinski definition) is 3. The van der Waals surface area contributed by atoms with Crippen LogP contribution in [0.25, 0.3) is 6.08 Å². The maximum Gasteiger partial charge on any atom is 0.161 e. The Balaban J connectivity index is 2.02. The second-order valence-corrected chi connectivity index (χ2v) is 4.39. The van der Waals surface area contributed by atoms with Crippen molar-refractivity contribution >= 4 is 6.08 Å². The van der Waals surface area contributed by atoms with Gasteiger partial charge in [-0.05, 0) is 41.8 Å². The molecule has 104 valence electrons. The predicted molar refractivity (Wildman–Crippen MR) is 80.4 cm³/mol. The summed E-state index contributed by atoms with van der Waals surface area (Å²) in [6, 6.07) is 13.3. The SMILES string of the molecule is COc1ccc(CC=Cc2ccc(O)c(OC)c2)cc1. The van der Waals surface area contributed by atoms with Crippen molar-refractivity contribution in [2.45, 2.75) is 6.42 Å². The van der Waals surface area contributed by atoms with E-state index in [1.54, 1.807) is 26.4 Å². The van der Waals surface area contributed by atoms with Gasteiger partial charge in [0.2, 0.25) is 0 Å². The topological polar surface area (TPSA) is 38.7 Å². The first-order valence-electron chi connectivity index (χ1n) is 6.39. The molecule has 0 aliphatic heterocycles. The Morgan fingerprint density at radius 2 is 1.75 bits per heavy atom. The van der Waals surface area contributed by atoms with E-state index in [1.165, 1.54) is 5.56 Å². The Kier molecular flexibility index (Phi) is 4.66. The maximum atomic E-state index is 9.53. The van der Waals surface area contributed by atoms with Gasteiger partial charge in [0.05, 0.1) is 14.2 Å². The lowest BCUT2D eigenvalue weighted by atomic mass is 10.1. The Bertz CT molecular complexity index is 586. The first-order chi connectivity index (χ1) is 9.72. The molecule has 0 atom stereocenters. The summed E-state index contributed by atoms with van der Waals surface area (Å²) in [5, 5.41) is 9.53. The van der Waals surface area contributed by atoms with Crippen LogP contribution in [-0.4, -0.2) is 19.3 Å². The fraction of sp³-hybridized carbons (Fsp3) is 0.176. The van der Waals surface area contributed by atoms with Gasteiger partial charge in [0, 0.05) is 0 Å². The zero-order valence-electron chi connectivity index (χ0n) is 11.7. The van der Waals surface area contributed by atoms with Gasteiger partial charge in [0.15, 0.2) is 11.5 Å². The van der Waals surface area contributed by atoms with Crippen molar-refractivity contribution in [1.82, 2.24) is 0 Å². The van der Waals surface area contributed by atoms with Gasteiger partial charge in [-0.25, -0.2) is 0 Å². The summed E-state index contributed by atoms with van der Waals surface area (Å²) in [6.45, 7) is 0. The van der Waals surface area contributed by atoms with E-state index < -0.39 is 0 Å². The van der Waals surface area contributed by atoms with E-state index in [4.69, 9.17) is 9.47 Å². The Labute approximate surface area is 119 Å². The highest BCUT2D eigenvalue weighted by Crippen LogP contribution is 2.26. The molecule has 3 heteroatoms. The molecule has 0 fully saturated rings. The van der Waals surface area contributed by atoms with Gasteiger partial charge in [-0.2, -0.15) is 0 Å². The number of methoxy groups -OCH3 is 2. The molecule has 0 aromatic heterocycles. The highest BCUT2D eigenvalue weighted by molar-refractivity contribution is 5.55. The van der Waals surface area contributed by atoms with Gasteiger partial charge in [-0.3, -0.25) is 0 Å². The molecule has 2 aromatic carbocycles. The van der Waals surface area contributed by atoms with Crippen LogP contribution in [0.3, 0.4) is 0 Å². The van der Waals surface area contributed by atoms with Crippen LogP contribution in [0.4, 0.5) is 0 Å². The minimum absolute atomic E-state index is 0.153. The highest BCUT2D eigenvalue weighted by atomic mass is 16.5. The van der Waals surface area contributed by atoms with Gasteiger partial charge < -0.3 is 14.6 Å². The van der Waals surface area contributed by atoms with Crippen LogP contribution >= 0.6 is 0 Å². The third-order valence-corrected chi connectivity index (χ3v) is 3.03. The van der Waals surface area contributed by atoms with Gasteiger partial charge in [0.25, 0.3) is 0 Å². The minimum atomic E-state index is 0.153. The van der Waals surface area contributed by atoms with E-state index in [2.05, 4.69) is 6.08 Å². The van der Waals surface area contributed by atoms with Gasteiger partial charge >= 0.3 is 0 Å². The predicted octanol–water partition coefficient (Wildman–Crippen LogP) is 3.67. The molecule has 1 N–H and O–H groups in total. The van der Waals surface area contributed by atoms with Crippen LogP contribution in [0.1, 0.15) is 11.1 Å². The number of allylic oxidation sites excluding steroid dienone is 1. The molecule has 2 aromatic rings. The molecule has 3 nitrogen and oxygen atoms in total. The third kappa shape index (κ3) is 3.54. The number of hydrogen-bond donors (Lipinski definition) is 1. The summed E-state index contributed by atoms with van der Waals surface area (Å²) in [5.41, 5.74) is 2.21. The minimum Gasteiger partial charge on any atom is -0.504 e. The van der Waals surface area contributed by atoms with Crippen LogP contribution in [0, 0.1) is 0 Å². The molecular formula is C17H18O3. The number of benzene rings is 2. The van der Waals surface area contributed by atoms with Gasteiger partial charge in [-0.15, -0.1) is 0 Å². The van der Waals surface area contributed by atoms with Crippen molar-refractivity contribution in [3.8, 4) is 17.2 Å². The third-order valence-electron chi connectivity index (χ3n) is 3.03. The van der Waals surface area contributed by atoms with Crippen LogP contribution in [0.15, 0.2) is 48.5 Å². The summed E-state index contributed by atoms with van der Waals surface area (Å²) in [5.74, 6) is 1.50. The number of aromatic hydroxyl groups is 1. The number of rotatable bonds is 5. The van der Waals surface area contributed by atoms with Gasteiger partial charge in [-0.1, -0.05) is 30.4 Å². The van der Waals surface area contributed by atoms with Crippen LogP contribution in [0.5, 0.6) is 17.2 Å². The van der Waals surface area contributed by atoms with Crippen LogP contribution in [0.2, 0.25) is 0 Å². The largest absolute Gasteiger partial charge is 0.504 e. The number of phenols is 1. The summed E-state index contributed by atoms with van der Waals surface area (Å²) in [6.07, 6.45) is 4.92. The van der Waals surface area contributed by atoms with E-state index in [1.807, 2.05) is 36.4 Å². The Morgan fingerprint density at radius 3 is 2.40 bits per heavy atom. The number of ether oxygens (including phenoxy) is 2. The van der Waals surface area contributed by atoms with E-state index in [0.29, 0.717) is 5.75 Å². The van der Waals surface area contributed by atoms with Crippen molar-refractivity contribution in [1.29, 1.82) is 0 Å². The van der Waals surface area contributed by atoms with Crippen molar-refractivity contribution in [3.05, 3.63) is 59.7 Å². The Morgan fingerprint density at radius 1 is 1.00 bits per heavy atom. The van der Waals surface area contributed by atoms with Crippen molar-refractivity contribution in [2.75, 3.05) is 14.2 Å². The molecule has 0 saturated carbocycles.